The van der Waals surface area contributed by atoms with Crippen LogP contribution in [0.15, 0.2) is 18.2 Å². The average molecular weight is 248 g/mol. The van der Waals surface area contributed by atoms with Gasteiger partial charge >= 0.3 is 5.72 Å². The van der Waals surface area contributed by atoms with Crippen molar-refractivity contribution in [2.24, 2.45) is 0 Å². The third-order valence-corrected chi connectivity index (χ3v) is 3.25. The summed E-state index contributed by atoms with van der Waals surface area (Å²) < 4.78 is 5.05. The van der Waals surface area contributed by atoms with E-state index in [2.05, 4.69) is 0 Å². The molecule has 0 amide bonds. The number of nitro groups is 1. The zero-order valence-electron chi connectivity index (χ0n) is 7.74. The van der Waals surface area contributed by atoms with E-state index in [4.69, 9.17) is 27.9 Å². The van der Waals surface area contributed by atoms with Crippen LogP contribution < -0.4 is 0 Å². The minimum absolute atomic E-state index is 0.315. The van der Waals surface area contributed by atoms with Crippen molar-refractivity contribution in [3.63, 3.8) is 0 Å². The standard InChI is InChI=1S/C9H7Cl2NO3/c1-9(12(13)14)8(15-9)5-3-2-4-6(10)7(5)11/h2-4,8H,1H3/t8-,9+/m0/s1. The fourth-order valence-electron chi connectivity index (χ4n) is 1.42. The third-order valence-electron chi connectivity index (χ3n) is 2.41. The summed E-state index contributed by atoms with van der Waals surface area (Å²) in [7, 11) is 0. The van der Waals surface area contributed by atoms with Crippen LogP contribution in [-0.2, 0) is 4.74 Å². The van der Waals surface area contributed by atoms with Gasteiger partial charge in [-0.2, -0.15) is 0 Å². The summed E-state index contributed by atoms with van der Waals surface area (Å²) in [6.07, 6.45) is -0.612. The second-order valence-electron chi connectivity index (χ2n) is 3.45. The molecule has 1 aromatic rings. The lowest BCUT2D eigenvalue weighted by Crippen LogP contribution is -2.19. The first-order valence-electron chi connectivity index (χ1n) is 4.23. The number of epoxide rings is 1. The lowest BCUT2D eigenvalue weighted by molar-refractivity contribution is -0.558. The fraction of sp³-hybridized carbons (Fsp3) is 0.333. The van der Waals surface area contributed by atoms with Crippen molar-refractivity contribution in [2.75, 3.05) is 0 Å². The van der Waals surface area contributed by atoms with E-state index in [1.54, 1.807) is 18.2 Å². The third kappa shape index (κ3) is 1.58. The van der Waals surface area contributed by atoms with Crippen LogP contribution in [0.4, 0.5) is 0 Å². The van der Waals surface area contributed by atoms with Crippen LogP contribution >= 0.6 is 23.2 Å². The van der Waals surface area contributed by atoms with Crippen LogP contribution in [0.1, 0.15) is 18.6 Å². The molecule has 1 aromatic carbocycles. The van der Waals surface area contributed by atoms with E-state index >= 15 is 0 Å². The molecule has 1 fully saturated rings. The van der Waals surface area contributed by atoms with Crippen molar-refractivity contribution >= 4 is 23.2 Å². The number of halogens is 2. The monoisotopic (exact) mass is 247 g/mol. The first-order valence-corrected chi connectivity index (χ1v) is 4.98. The van der Waals surface area contributed by atoms with Gasteiger partial charge in [0.25, 0.3) is 0 Å². The summed E-state index contributed by atoms with van der Waals surface area (Å²) in [6, 6.07) is 4.98. The Morgan fingerprint density at radius 3 is 2.73 bits per heavy atom. The SMILES string of the molecule is C[C@@]1([N+](=O)[O-])O[C@H]1c1cccc(Cl)c1Cl. The molecule has 4 nitrogen and oxygen atoms in total. The summed E-state index contributed by atoms with van der Waals surface area (Å²) in [5, 5.41) is 11.4. The van der Waals surface area contributed by atoms with Gasteiger partial charge in [-0.05, 0) is 6.07 Å². The molecule has 0 aliphatic carbocycles. The summed E-state index contributed by atoms with van der Waals surface area (Å²) in [4.78, 5) is 10.2. The number of benzene rings is 1. The highest BCUT2D eigenvalue weighted by Gasteiger charge is 2.66. The topological polar surface area (TPSA) is 55.7 Å². The zero-order valence-corrected chi connectivity index (χ0v) is 9.25. The number of rotatable bonds is 2. The number of hydrogen-bond acceptors (Lipinski definition) is 3. The van der Waals surface area contributed by atoms with E-state index in [9.17, 15) is 10.1 Å². The molecule has 15 heavy (non-hydrogen) atoms. The summed E-state index contributed by atoms with van der Waals surface area (Å²) in [5.41, 5.74) is -0.808. The molecule has 2 atom stereocenters. The predicted octanol–water partition coefficient (Wildman–Crippen LogP) is 3.06. The molecule has 0 saturated carbocycles. The van der Waals surface area contributed by atoms with Crippen LogP contribution in [0.2, 0.25) is 10.0 Å². The first-order chi connectivity index (χ1) is 6.97. The van der Waals surface area contributed by atoms with Crippen LogP contribution in [0.25, 0.3) is 0 Å². The van der Waals surface area contributed by atoms with E-state index in [-0.39, 0.29) is 0 Å². The van der Waals surface area contributed by atoms with Crippen LogP contribution in [0.3, 0.4) is 0 Å². The molecule has 0 spiro atoms. The second-order valence-corrected chi connectivity index (χ2v) is 4.24. The molecule has 0 radical (unpaired) electrons. The van der Waals surface area contributed by atoms with E-state index < -0.39 is 16.8 Å². The molecule has 0 unspecified atom stereocenters. The normalized spacial score (nSPS) is 28.9. The lowest BCUT2D eigenvalue weighted by atomic mass is 10.1. The number of hydrogen-bond donors (Lipinski definition) is 0. The zero-order chi connectivity index (χ0) is 11.2. The van der Waals surface area contributed by atoms with Crippen molar-refractivity contribution in [3.8, 4) is 0 Å². The summed E-state index contributed by atoms with van der Waals surface area (Å²) in [5.74, 6) is 0. The van der Waals surface area contributed by atoms with Crippen molar-refractivity contribution in [3.05, 3.63) is 43.9 Å². The van der Waals surface area contributed by atoms with E-state index in [0.717, 1.165) is 0 Å². The molecular weight excluding hydrogens is 241 g/mol. The Morgan fingerprint density at radius 1 is 1.53 bits per heavy atom. The fourth-order valence-corrected chi connectivity index (χ4v) is 1.83. The van der Waals surface area contributed by atoms with E-state index in [1.807, 2.05) is 0 Å². The average Bonchev–Trinajstić information content (AvgIpc) is 2.84. The Labute approximate surface area is 95.9 Å². The van der Waals surface area contributed by atoms with Crippen LogP contribution in [0, 0.1) is 10.1 Å². The van der Waals surface area contributed by atoms with Crippen molar-refractivity contribution in [1.29, 1.82) is 0 Å². The summed E-state index contributed by atoms with van der Waals surface area (Å²) >= 11 is 11.7. The minimum atomic E-state index is -1.37. The molecule has 1 saturated heterocycles. The lowest BCUT2D eigenvalue weighted by Gasteiger charge is -2.01. The summed E-state index contributed by atoms with van der Waals surface area (Å²) in [6.45, 7) is 1.41. The maximum Gasteiger partial charge on any atom is 0.353 e. The molecule has 1 aliphatic rings. The maximum absolute atomic E-state index is 10.7. The predicted molar refractivity (Wildman–Crippen MR) is 55.7 cm³/mol. The van der Waals surface area contributed by atoms with Gasteiger partial charge in [-0.15, -0.1) is 0 Å². The molecule has 0 bridgehead atoms. The van der Waals surface area contributed by atoms with Gasteiger partial charge in [0.15, 0.2) is 6.10 Å². The Balaban J connectivity index is 2.35. The van der Waals surface area contributed by atoms with E-state index in [0.29, 0.717) is 15.6 Å². The van der Waals surface area contributed by atoms with Gasteiger partial charge in [0.05, 0.1) is 15.0 Å². The quantitative estimate of drug-likeness (QED) is 0.459. The highest BCUT2D eigenvalue weighted by Crippen LogP contribution is 2.52. The Bertz CT molecular complexity index is 437. The second kappa shape index (κ2) is 3.33. The molecule has 80 valence electrons. The van der Waals surface area contributed by atoms with Gasteiger partial charge in [0.2, 0.25) is 0 Å². The Kier molecular flexibility index (Phi) is 2.37. The Morgan fingerprint density at radius 2 is 2.20 bits per heavy atom. The van der Waals surface area contributed by atoms with Crippen molar-refractivity contribution in [1.82, 2.24) is 0 Å². The van der Waals surface area contributed by atoms with Crippen LogP contribution in [-0.4, -0.2) is 10.6 Å². The highest BCUT2D eigenvalue weighted by molar-refractivity contribution is 6.42. The molecule has 1 aliphatic heterocycles. The maximum atomic E-state index is 10.7. The minimum Gasteiger partial charge on any atom is -0.294 e. The van der Waals surface area contributed by atoms with Crippen LogP contribution in [0.5, 0.6) is 0 Å². The number of nitrogens with zero attached hydrogens (tertiary/aromatic N) is 1. The molecule has 0 aromatic heterocycles. The highest BCUT2D eigenvalue weighted by atomic mass is 35.5. The smallest absolute Gasteiger partial charge is 0.294 e. The van der Waals surface area contributed by atoms with Gasteiger partial charge in [0, 0.05) is 12.5 Å². The molecule has 1 heterocycles. The van der Waals surface area contributed by atoms with Crippen molar-refractivity contribution in [2.45, 2.75) is 18.8 Å². The first kappa shape index (κ1) is 10.7. The molecule has 2 rings (SSSR count). The van der Waals surface area contributed by atoms with E-state index in [1.165, 1.54) is 6.92 Å². The van der Waals surface area contributed by atoms with Gasteiger partial charge in [-0.1, -0.05) is 35.3 Å². The molecular formula is C9H7Cl2NO3. The molecule has 0 N–H and O–H groups in total. The largest absolute Gasteiger partial charge is 0.353 e. The van der Waals surface area contributed by atoms with Gasteiger partial charge < -0.3 is 0 Å². The Hall–Kier alpha value is -0.840. The molecule has 6 heteroatoms. The number of ether oxygens (including phenoxy) is 1. The van der Waals surface area contributed by atoms with Gasteiger partial charge in [0.1, 0.15) is 0 Å². The van der Waals surface area contributed by atoms with Gasteiger partial charge in [-0.25, -0.2) is 0 Å². The van der Waals surface area contributed by atoms with Gasteiger partial charge in [-0.3, -0.25) is 14.9 Å². The van der Waals surface area contributed by atoms with Crippen molar-refractivity contribution < 1.29 is 9.66 Å².